The van der Waals surface area contributed by atoms with Gasteiger partial charge in [-0.15, -0.1) is 0 Å². The minimum absolute atomic E-state index is 0.189. The van der Waals surface area contributed by atoms with Crippen LogP contribution in [0.2, 0.25) is 0 Å². The fraction of sp³-hybridized carbons (Fsp3) is 0.438. The third-order valence-electron chi connectivity index (χ3n) is 3.85. The Morgan fingerprint density at radius 3 is 2.50 bits per heavy atom. The van der Waals surface area contributed by atoms with Crippen molar-refractivity contribution in [1.29, 1.82) is 0 Å². The van der Waals surface area contributed by atoms with Gasteiger partial charge in [0.05, 0.1) is 6.20 Å². The summed E-state index contributed by atoms with van der Waals surface area (Å²) in [6.07, 6.45) is 1.63. The van der Waals surface area contributed by atoms with Gasteiger partial charge in [0, 0.05) is 38.6 Å². The molecule has 0 spiro atoms. The second kappa shape index (κ2) is 7.31. The lowest BCUT2D eigenvalue weighted by molar-refractivity contribution is -0.139. The Hall–Kier alpha value is -2.61. The van der Waals surface area contributed by atoms with Crippen molar-refractivity contribution in [3.05, 3.63) is 35.3 Å². The molecule has 0 saturated heterocycles. The van der Waals surface area contributed by atoms with Crippen LogP contribution >= 0.6 is 0 Å². The molecule has 0 saturated carbocycles. The number of hydrogen-bond acceptors (Lipinski definition) is 4. The molecule has 2 aromatic heterocycles. The van der Waals surface area contributed by atoms with Gasteiger partial charge in [-0.3, -0.25) is 9.48 Å². The summed E-state index contributed by atoms with van der Waals surface area (Å²) in [7, 11) is 3.22. The van der Waals surface area contributed by atoms with Crippen molar-refractivity contribution in [2.75, 3.05) is 13.7 Å². The topological polar surface area (TPSA) is 98.4 Å². The zero-order valence-electron chi connectivity index (χ0n) is 14.2. The van der Waals surface area contributed by atoms with Gasteiger partial charge in [-0.05, 0) is 26.0 Å². The summed E-state index contributed by atoms with van der Waals surface area (Å²) in [5.74, 6) is -0.975. The molecule has 0 aromatic carbocycles. The van der Waals surface area contributed by atoms with Crippen LogP contribution in [-0.4, -0.2) is 51.1 Å². The summed E-state index contributed by atoms with van der Waals surface area (Å²) in [5, 5.41) is 15.9. The molecule has 0 fully saturated rings. The van der Waals surface area contributed by atoms with Crippen LogP contribution in [0.3, 0.4) is 0 Å². The monoisotopic (exact) mass is 334 g/mol. The van der Waals surface area contributed by atoms with Crippen LogP contribution in [0, 0.1) is 13.8 Å². The van der Waals surface area contributed by atoms with Crippen molar-refractivity contribution in [1.82, 2.24) is 19.7 Å². The molecular formula is C16H22N4O4. The van der Waals surface area contributed by atoms with E-state index < -0.39 is 17.9 Å². The standard InChI is InChI=1S/C16H22N4O4/c1-10-5-6-11(2)20(10)15-12(9-17-19(15)3)14(21)18-13(16(22)23)7-8-24-4/h5-6,9,13H,7-8H2,1-4H3,(H,18,21)(H,22,23). The molecule has 130 valence electrons. The van der Waals surface area contributed by atoms with Gasteiger partial charge in [0.25, 0.3) is 5.91 Å². The van der Waals surface area contributed by atoms with Crippen molar-refractivity contribution >= 4 is 11.9 Å². The average molecular weight is 334 g/mol. The molecule has 8 nitrogen and oxygen atoms in total. The van der Waals surface area contributed by atoms with E-state index in [9.17, 15) is 14.7 Å². The number of carbonyl (C=O) groups excluding carboxylic acids is 1. The Labute approximate surface area is 140 Å². The van der Waals surface area contributed by atoms with Crippen LogP contribution < -0.4 is 5.32 Å². The Balaban J connectivity index is 2.33. The number of carbonyl (C=O) groups is 2. The van der Waals surface area contributed by atoms with Gasteiger partial charge in [-0.25, -0.2) is 4.79 Å². The van der Waals surface area contributed by atoms with E-state index in [2.05, 4.69) is 10.4 Å². The number of ether oxygens (including phenoxy) is 1. The number of rotatable bonds is 7. The molecule has 1 amide bonds. The highest BCUT2D eigenvalue weighted by molar-refractivity contribution is 5.99. The van der Waals surface area contributed by atoms with E-state index in [1.165, 1.54) is 13.3 Å². The number of nitrogens with one attached hydrogen (secondary N) is 1. The number of methoxy groups -OCH3 is 1. The zero-order chi connectivity index (χ0) is 17.9. The predicted molar refractivity (Wildman–Crippen MR) is 87.4 cm³/mol. The number of carboxylic acids is 1. The van der Waals surface area contributed by atoms with Crippen molar-refractivity contribution in [3.63, 3.8) is 0 Å². The maximum Gasteiger partial charge on any atom is 0.326 e. The maximum absolute atomic E-state index is 12.6. The SMILES string of the molecule is COCCC(NC(=O)c1cnn(C)c1-n1c(C)ccc1C)C(=O)O. The Bertz CT molecular complexity index is 728. The second-order valence-corrected chi connectivity index (χ2v) is 5.60. The third-order valence-corrected chi connectivity index (χ3v) is 3.85. The third kappa shape index (κ3) is 3.48. The first-order valence-corrected chi connectivity index (χ1v) is 7.56. The van der Waals surface area contributed by atoms with E-state index in [0.29, 0.717) is 11.4 Å². The van der Waals surface area contributed by atoms with Gasteiger partial charge in [-0.1, -0.05) is 0 Å². The van der Waals surface area contributed by atoms with Gasteiger partial charge in [0.2, 0.25) is 0 Å². The highest BCUT2D eigenvalue weighted by Crippen LogP contribution is 2.20. The summed E-state index contributed by atoms with van der Waals surface area (Å²) in [5.41, 5.74) is 2.24. The van der Waals surface area contributed by atoms with E-state index in [4.69, 9.17) is 4.74 Å². The Kier molecular flexibility index (Phi) is 5.40. The van der Waals surface area contributed by atoms with E-state index >= 15 is 0 Å². The first kappa shape index (κ1) is 17.7. The lowest BCUT2D eigenvalue weighted by atomic mass is 10.2. The summed E-state index contributed by atoms with van der Waals surface area (Å²) >= 11 is 0. The van der Waals surface area contributed by atoms with Crippen LogP contribution in [-0.2, 0) is 16.6 Å². The molecule has 2 N–H and O–H groups in total. The zero-order valence-corrected chi connectivity index (χ0v) is 14.2. The van der Waals surface area contributed by atoms with Crippen LogP contribution in [0.25, 0.3) is 5.82 Å². The predicted octanol–water partition coefficient (Wildman–Crippen LogP) is 1.05. The van der Waals surface area contributed by atoms with Crippen LogP contribution in [0.1, 0.15) is 28.2 Å². The summed E-state index contributed by atoms with van der Waals surface area (Å²) in [6, 6.07) is 2.88. The van der Waals surface area contributed by atoms with E-state index in [1.54, 1.807) is 11.7 Å². The van der Waals surface area contributed by atoms with Crippen molar-refractivity contribution in [2.24, 2.45) is 7.05 Å². The number of amides is 1. The van der Waals surface area contributed by atoms with Gasteiger partial charge in [0.1, 0.15) is 17.4 Å². The molecule has 1 unspecified atom stereocenters. The largest absolute Gasteiger partial charge is 0.480 e. The minimum Gasteiger partial charge on any atom is -0.480 e. The average Bonchev–Trinajstić information content (AvgIpc) is 3.05. The smallest absolute Gasteiger partial charge is 0.326 e. The number of aliphatic carboxylic acids is 1. The summed E-state index contributed by atoms with van der Waals surface area (Å²) < 4.78 is 8.40. The van der Waals surface area contributed by atoms with Crippen molar-refractivity contribution in [3.8, 4) is 5.82 Å². The van der Waals surface area contributed by atoms with Crippen LogP contribution in [0.5, 0.6) is 0 Å². The second-order valence-electron chi connectivity index (χ2n) is 5.60. The first-order valence-electron chi connectivity index (χ1n) is 7.56. The molecular weight excluding hydrogens is 312 g/mol. The summed E-state index contributed by atoms with van der Waals surface area (Å²) in [4.78, 5) is 23.9. The molecule has 0 aliphatic rings. The quantitative estimate of drug-likeness (QED) is 0.788. The molecule has 0 bridgehead atoms. The fourth-order valence-electron chi connectivity index (χ4n) is 2.59. The molecule has 24 heavy (non-hydrogen) atoms. The molecule has 2 rings (SSSR count). The number of carboxylic acid groups (broad SMARTS) is 1. The van der Waals surface area contributed by atoms with Gasteiger partial charge >= 0.3 is 5.97 Å². The molecule has 0 aliphatic heterocycles. The van der Waals surface area contributed by atoms with E-state index in [0.717, 1.165) is 11.4 Å². The van der Waals surface area contributed by atoms with Gasteiger partial charge in [-0.2, -0.15) is 5.10 Å². The summed E-state index contributed by atoms with van der Waals surface area (Å²) in [6.45, 7) is 4.10. The maximum atomic E-state index is 12.6. The normalized spacial score (nSPS) is 12.2. The van der Waals surface area contributed by atoms with Crippen molar-refractivity contribution < 1.29 is 19.4 Å². The Morgan fingerprint density at radius 1 is 1.33 bits per heavy atom. The highest BCUT2D eigenvalue weighted by Gasteiger charge is 2.25. The van der Waals surface area contributed by atoms with Gasteiger partial charge in [0.15, 0.2) is 0 Å². The number of nitrogens with zero attached hydrogens (tertiary/aromatic N) is 3. The fourth-order valence-corrected chi connectivity index (χ4v) is 2.59. The molecule has 8 heteroatoms. The number of aromatic nitrogens is 3. The molecule has 1 atom stereocenters. The van der Waals surface area contributed by atoms with E-state index in [1.807, 2.05) is 30.5 Å². The van der Waals surface area contributed by atoms with E-state index in [-0.39, 0.29) is 13.0 Å². The molecule has 0 aliphatic carbocycles. The molecule has 0 radical (unpaired) electrons. The Morgan fingerprint density at radius 2 is 1.96 bits per heavy atom. The number of hydrogen-bond donors (Lipinski definition) is 2. The van der Waals surface area contributed by atoms with Gasteiger partial charge < -0.3 is 19.7 Å². The lowest BCUT2D eigenvalue weighted by Crippen LogP contribution is -2.41. The lowest BCUT2D eigenvalue weighted by Gasteiger charge is -2.16. The molecule has 2 aromatic rings. The first-order chi connectivity index (χ1) is 11.4. The van der Waals surface area contributed by atoms with Crippen LogP contribution in [0.15, 0.2) is 18.3 Å². The molecule has 2 heterocycles. The minimum atomic E-state index is -1.10. The van der Waals surface area contributed by atoms with Crippen LogP contribution in [0.4, 0.5) is 0 Å². The highest BCUT2D eigenvalue weighted by atomic mass is 16.5. The van der Waals surface area contributed by atoms with Crippen molar-refractivity contribution in [2.45, 2.75) is 26.3 Å². The number of aryl methyl sites for hydroxylation is 3.